The zero-order valence-corrected chi connectivity index (χ0v) is 18.3. The van der Waals surface area contributed by atoms with Crippen LogP contribution in [-0.4, -0.2) is 22.9 Å². The van der Waals surface area contributed by atoms with Crippen molar-refractivity contribution in [3.8, 4) is 17.2 Å². The topological polar surface area (TPSA) is 64.4 Å². The Kier molecular flexibility index (Phi) is 5.71. The number of hydrogen-bond donors (Lipinski definition) is 1. The van der Waals surface area contributed by atoms with E-state index in [9.17, 15) is 4.79 Å². The molecule has 0 radical (unpaired) electrons. The van der Waals surface area contributed by atoms with Gasteiger partial charge in [-0.1, -0.05) is 12.1 Å². The van der Waals surface area contributed by atoms with Gasteiger partial charge in [0.2, 0.25) is 5.89 Å². The second-order valence-electron chi connectivity index (χ2n) is 7.20. The number of aromatic nitrogens is 1. The Balaban J connectivity index is 1.61. The highest BCUT2D eigenvalue weighted by Crippen LogP contribution is 2.32. The van der Waals surface area contributed by atoms with Gasteiger partial charge in [0.1, 0.15) is 17.6 Å². The number of Topliss-reactive ketones (excluding diaryl/α,β-unsaturated/α-hetero) is 1. The van der Waals surface area contributed by atoms with Crippen molar-refractivity contribution in [1.29, 1.82) is 0 Å². The summed E-state index contributed by atoms with van der Waals surface area (Å²) in [7, 11) is 0. The highest BCUT2D eigenvalue weighted by molar-refractivity contribution is 14.1. The number of rotatable bonds is 5. The molecule has 29 heavy (non-hydrogen) atoms. The molecular weight excluding hydrogens is 479 g/mol. The Labute approximate surface area is 183 Å². The second kappa shape index (κ2) is 8.41. The highest BCUT2D eigenvalue weighted by atomic mass is 127. The maximum atomic E-state index is 13.1. The van der Waals surface area contributed by atoms with E-state index in [1.54, 1.807) is 18.5 Å². The molecule has 0 saturated carbocycles. The van der Waals surface area contributed by atoms with E-state index in [0.717, 1.165) is 9.13 Å². The predicted molar refractivity (Wildman–Crippen MR) is 120 cm³/mol. The summed E-state index contributed by atoms with van der Waals surface area (Å²) in [5, 5.41) is 3.22. The van der Waals surface area contributed by atoms with Crippen molar-refractivity contribution in [1.82, 2.24) is 10.3 Å². The summed E-state index contributed by atoms with van der Waals surface area (Å²) in [6.07, 6.45) is 3.45. The number of fused-ring (bicyclic) bond motifs is 1. The SMILES string of the molecule is CC(C)N/C=C1\C(=O)c2ccccc2OC1Cc1cnc(-c2ccc(I)cc2)o1. The fraction of sp³-hybridized carbons (Fsp3) is 0.217. The molecule has 1 atom stereocenters. The number of nitrogens with one attached hydrogen (secondary N) is 1. The van der Waals surface area contributed by atoms with Crippen molar-refractivity contribution in [2.75, 3.05) is 0 Å². The third-order valence-electron chi connectivity index (χ3n) is 4.61. The Hall–Kier alpha value is -2.61. The first-order valence-corrected chi connectivity index (χ1v) is 10.6. The van der Waals surface area contributed by atoms with Crippen LogP contribution in [-0.2, 0) is 6.42 Å². The minimum absolute atomic E-state index is 0.0256. The Morgan fingerprint density at radius 3 is 2.69 bits per heavy atom. The van der Waals surface area contributed by atoms with Gasteiger partial charge in [-0.15, -0.1) is 0 Å². The second-order valence-corrected chi connectivity index (χ2v) is 8.44. The number of nitrogens with zero attached hydrogens (tertiary/aromatic N) is 1. The molecule has 1 aromatic heterocycles. The summed E-state index contributed by atoms with van der Waals surface area (Å²) in [5.41, 5.74) is 2.09. The summed E-state index contributed by atoms with van der Waals surface area (Å²) in [5.74, 6) is 1.81. The van der Waals surface area contributed by atoms with Crippen molar-refractivity contribution in [3.63, 3.8) is 0 Å². The summed E-state index contributed by atoms with van der Waals surface area (Å²) in [4.78, 5) is 17.5. The Morgan fingerprint density at radius 2 is 1.93 bits per heavy atom. The number of carbonyl (C=O) groups excluding carboxylic acids is 1. The van der Waals surface area contributed by atoms with Crippen LogP contribution >= 0.6 is 22.6 Å². The van der Waals surface area contributed by atoms with Gasteiger partial charge in [-0.05, 0) is 72.8 Å². The average Bonchev–Trinajstić information content (AvgIpc) is 3.16. The largest absolute Gasteiger partial charge is 0.484 e. The lowest BCUT2D eigenvalue weighted by molar-refractivity contribution is 0.0957. The predicted octanol–water partition coefficient (Wildman–Crippen LogP) is 5.01. The van der Waals surface area contributed by atoms with E-state index in [4.69, 9.17) is 9.15 Å². The van der Waals surface area contributed by atoms with E-state index in [1.807, 2.05) is 56.3 Å². The van der Waals surface area contributed by atoms with Gasteiger partial charge >= 0.3 is 0 Å². The molecule has 5 nitrogen and oxygen atoms in total. The van der Waals surface area contributed by atoms with Gasteiger partial charge in [-0.3, -0.25) is 4.79 Å². The average molecular weight is 500 g/mol. The molecule has 0 amide bonds. The molecule has 1 aliphatic rings. The van der Waals surface area contributed by atoms with Gasteiger partial charge in [0.15, 0.2) is 5.78 Å². The first kappa shape index (κ1) is 19.7. The molecule has 0 aliphatic carbocycles. The Morgan fingerprint density at radius 1 is 1.17 bits per heavy atom. The van der Waals surface area contributed by atoms with Crippen LogP contribution in [0.3, 0.4) is 0 Å². The lowest BCUT2D eigenvalue weighted by atomic mass is 9.93. The Bertz CT molecular complexity index is 1050. The van der Waals surface area contributed by atoms with Crippen LogP contribution in [0.4, 0.5) is 0 Å². The molecule has 148 valence electrons. The zero-order valence-electron chi connectivity index (χ0n) is 16.2. The van der Waals surface area contributed by atoms with Crippen molar-refractivity contribution >= 4 is 28.4 Å². The van der Waals surface area contributed by atoms with Crippen molar-refractivity contribution in [3.05, 3.63) is 81.4 Å². The van der Waals surface area contributed by atoms with Crippen LogP contribution in [0.15, 0.2) is 70.9 Å². The molecule has 3 aromatic rings. The van der Waals surface area contributed by atoms with Gasteiger partial charge in [-0.2, -0.15) is 0 Å². The monoisotopic (exact) mass is 500 g/mol. The highest BCUT2D eigenvalue weighted by Gasteiger charge is 2.32. The molecule has 1 aliphatic heterocycles. The maximum absolute atomic E-state index is 13.1. The van der Waals surface area contributed by atoms with Crippen LogP contribution in [0.25, 0.3) is 11.5 Å². The van der Waals surface area contributed by atoms with Crippen LogP contribution in [0.2, 0.25) is 0 Å². The van der Waals surface area contributed by atoms with E-state index < -0.39 is 6.10 Å². The van der Waals surface area contributed by atoms with Gasteiger partial charge < -0.3 is 14.5 Å². The summed E-state index contributed by atoms with van der Waals surface area (Å²) >= 11 is 2.26. The van der Waals surface area contributed by atoms with Crippen LogP contribution in [0.1, 0.15) is 30.0 Å². The van der Waals surface area contributed by atoms with Crippen LogP contribution in [0, 0.1) is 3.57 Å². The molecule has 0 fully saturated rings. The normalized spacial score (nSPS) is 17.3. The fourth-order valence-electron chi connectivity index (χ4n) is 3.15. The number of ketones is 1. The van der Waals surface area contributed by atoms with Crippen molar-refractivity contribution < 1.29 is 13.9 Å². The standard InChI is InChI=1S/C23H21IN2O3/c1-14(2)25-13-19-21(29-20-6-4-3-5-18(20)22(19)27)11-17-12-26-23(28-17)15-7-9-16(24)10-8-15/h3-10,12-14,21,25H,11H2,1-2H3/b19-13-. The van der Waals surface area contributed by atoms with E-state index in [0.29, 0.717) is 35.0 Å². The molecule has 1 unspecified atom stereocenters. The number of para-hydroxylation sites is 1. The molecule has 2 heterocycles. The minimum Gasteiger partial charge on any atom is -0.484 e. The summed E-state index contributed by atoms with van der Waals surface area (Å²) in [6, 6.07) is 15.5. The molecule has 0 saturated heterocycles. The first-order valence-electron chi connectivity index (χ1n) is 9.48. The molecule has 1 N–H and O–H groups in total. The lowest BCUT2D eigenvalue weighted by Gasteiger charge is -2.27. The molecule has 2 aromatic carbocycles. The third kappa shape index (κ3) is 4.37. The van der Waals surface area contributed by atoms with E-state index in [2.05, 4.69) is 32.9 Å². The zero-order chi connectivity index (χ0) is 20.4. The van der Waals surface area contributed by atoms with Gasteiger partial charge in [0, 0.05) is 27.8 Å². The van der Waals surface area contributed by atoms with Crippen LogP contribution in [0.5, 0.6) is 5.75 Å². The number of benzene rings is 2. The summed E-state index contributed by atoms with van der Waals surface area (Å²) < 4.78 is 13.3. The smallest absolute Gasteiger partial charge is 0.226 e. The minimum atomic E-state index is -0.443. The molecule has 0 spiro atoms. The quantitative estimate of drug-likeness (QED) is 0.394. The number of hydrogen-bond acceptors (Lipinski definition) is 5. The van der Waals surface area contributed by atoms with Crippen LogP contribution < -0.4 is 10.1 Å². The van der Waals surface area contributed by atoms with E-state index in [-0.39, 0.29) is 11.8 Å². The number of carbonyl (C=O) groups is 1. The fourth-order valence-corrected chi connectivity index (χ4v) is 3.51. The van der Waals surface area contributed by atoms with Gasteiger partial charge in [-0.25, -0.2) is 4.98 Å². The van der Waals surface area contributed by atoms with Crippen molar-refractivity contribution in [2.24, 2.45) is 0 Å². The maximum Gasteiger partial charge on any atom is 0.226 e. The number of ether oxygens (including phenoxy) is 1. The van der Waals surface area contributed by atoms with Gasteiger partial charge in [0.05, 0.1) is 17.3 Å². The number of halogens is 1. The van der Waals surface area contributed by atoms with E-state index >= 15 is 0 Å². The summed E-state index contributed by atoms with van der Waals surface area (Å²) in [6.45, 7) is 4.05. The van der Waals surface area contributed by atoms with Gasteiger partial charge in [0.25, 0.3) is 0 Å². The molecule has 6 heteroatoms. The van der Waals surface area contributed by atoms with Crippen molar-refractivity contribution in [2.45, 2.75) is 32.4 Å². The third-order valence-corrected chi connectivity index (χ3v) is 5.33. The number of oxazole rings is 1. The lowest BCUT2D eigenvalue weighted by Crippen LogP contribution is -2.34. The van der Waals surface area contributed by atoms with E-state index in [1.165, 1.54) is 0 Å². The first-order chi connectivity index (χ1) is 14.0. The molecular formula is C23H21IN2O3. The molecule has 4 rings (SSSR count). The molecule has 0 bridgehead atoms.